The van der Waals surface area contributed by atoms with Crippen molar-refractivity contribution in [2.24, 2.45) is 11.3 Å². The van der Waals surface area contributed by atoms with Crippen LogP contribution in [0.1, 0.15) is 26.7 Å². The third-order valence-electron chi connectivity index (χ3n) is 2.98. The molecule has 1 heterocycles. The van der Waals surface area contributed by atoms with E-state index in [0.29, 0.717) is 5.41 Å². The lowest BCUT2D eigenvalue weighted by Crippen LogP contribution is -2.38. The van der Waals surface area contributed by atoms with Gasteiger partial charge in [-0.15, -0.1) is 0 Å². The summed E-state index contributed by atoms with van der Waals surface area (Å²) >= 11 is 0. The van der Waals surface area contributed by atoms with Gasteiger partial charge in [-0.1, -0.05) is 13.8 Å². The third kappa shape index (κ3) is 0.710. The van der Waals surface area contributed by atoms with Crippen molar-refractivity contribution >= 4 is 0 Å². The number of hydrogen-bond donors (Lipinski definition) is 1. The van der Waals surface area contributed by atoms with E-state index < -0.39 is 0 Å². The van der Waals surface area contributed by atoms with Crippen LogP contribution in [0.4, 0.5) is 0 Å². The molecule has 1 aliphatic carbocycles. The highest BCUT2D eigenvalue weighted by Gasteiger charge is 2.44. The first-order valence-corrected chi connectivity index (χ1v) is 3.92. The summed E-state index contributed by atoms with van der Waals surface area (Å²) in [7, 11) is 0. The zero-order valence-electron chi connectivity index (χ0n) is 6.28. The lowest BCUT2D eigenvalue weighted by molar-refractivity contribution is 0.251. The van der Waals surface area contributed by atoms with E-state index in [2.05, 4.69) is 19.2 Å². The Hall–Kier alpha value is -0.0400. The normalized spacial score (nSPS) is 46.0. The summed E-state index contributed by atoms with van der Waals surface area (Å²) in [5.41, 5.74) is 0.600. The molecule has 1 nitrogen and oxygen atoms in total. The molecule has 52 valence electrons. The van der Waals surface area contributed by atoms with Crippen LogP contribution in [0.2, 0.25) is 0 Å². The monoisotopic (exact) mass is 125 g/mol. The number of fused-ring (bicyclic) bond motifs is 2. The number of hydrogen-bond acceptors (Lipinski definition) is 1. The van der Waals surface area contributed by atoms with Crippen molar-refractivity contribution in [3.05, 3.63) is 0 Å². The molecule has 0 aromatic heterocycles. The highest BCUT2D eigenvalue weighted by molar-refractivity contribution is 5.00. The van der Waals surface area contributed by atoms with Crippen LogP contribution in [0.25, 0.3) is 0 Å². The molecule has 1 heteroatoms. The maximum atomic E-state index is 3.55. The van der Waals surface area contributed by atoms with Gasteiger partial charge >= 0.3 is 0 Å². The summed E-state index contributed by atoms with van der Waals surface area (Å²) in [6.45, 7) is 6.04. The van der Waals surface area contributed by atoms with Crippen molar-refractivity contribution in [1.29, 1.82) is 0 Å². The molecular formula is C8H15N. The van der Waals surface area contributed by atoms with Gasteiger partial charge in [0.25, 0.3) is 0 Å². The molecular weight excluding hydrogens is 110 g/mol. The van der Waals surface area contributed by atoms with E-state index in [9.17, 15) is 0 Å². The van der Waals surface area contributed by atoms with Crippen LogP contribution in [-0.2, 0) is 0 Å². The molecule has 0 aromatic carbocycles. The Morgan fingerprint density at radius 1 is 1.44 bits per heavy atom. The molecule has 0 radical (unpaired) electrons. The fourth-order valence-corrected chi connectivity index (χ4v) is 2.45. The van der Waals surface area contributed by atoms with Crippen molar-refractivity contribution in [2.45, 2.75) is 32.7 Å². The van der Waals surface area contributed by atoms with Gasteiger partial charge < -0.3 is 5.32 Å². The second-order valence-corrected chi connectivity index (χ2v) is 4.26. The van der Waals surface area contributed by atoms with Crippen LogP contribution < -0.4 is 5.32 Å². The molecule has 1 N–H and O–H groups in total. The minimum Gasteiger partial charge on any atom is -0.313 e. The van der Waals surface area contributed by atoms with Crippen molar-refractivity contribution in [3.63, 3.8) is 0 Å². The zero-order valence-corrected chi connectivity index (χ0v) is 6.28. The second kappa shape index (κ2) is 1.51. The minimum absolute atomic E-state index is 0.600. The zero-order chi connectivity index (χ0) is 6.48. The van der Waals surface area contributed by atoms with E-state index in [0.717, 1.165) is 12.0 Å². The lowest BCUT2D eigenvalue weighted by atomic mass is 9.85. The van der Waals surface area contributed by atoms with Crippen molar-refractivity contribution < 1.29 is 0 Å². The predicted molar refractivity (Wildman–Crippen MR) is 38.3 cm³/mol. The van der Waals surface area contributed by atoms with Crippen LogP contribution in [0.15, 0.2) is 0 Å². The quantitative estimate of drug-likeness (QED) is 0.516. The van der Waals surface area contributed by atoms with Crippen LogP contribution in [-0.4, -0.2) is 12.6 Å². The van der Waals surface area contributed by atoms with Crippen LogP contribution >= 0.6 is 0 Å². The summed E-state index contributed by atoms with van der Waals surface area (Å²) in [5, 5.41) is 3.55. The summed E-state index contributed by atoms with van der Waals surface area (Å²) in [4.78, 5) is 0. The molecule has 2 bridgehead atoms. The summed E-state index contributed by atoms with van der Waals surface area (Å²) < 4.78 is 0. The summed E-state index contributed by atoms with van der Waals surface area (Å²) in [5.74, 6) is 1.00. The fourth-order valence-electron chi connectivity index (χ4n) is 2.45. The Morgan fingerprint density at radius 2 is 2.22 bits per heavy atom. The molecule has 0 spiro atoms. The highest BCUT2D eigenvalue weighted by atomic mass is 15.0. The summed E-state index contributed by atoms with van der Waals surface area (Å²) in [6, 6.07) is 0.836. The second-order valence-electron chi connectivity index (χ2n) is 4.26. The molecule has 2 atom stereocenters. The van der Waals surface area contributed by atoms with Gasteiger partial charge in [0.1, 0.15) is 0 Å². The summed E-state index contributed by atoms with van der Waals surface area (Å²) in [6.07, 6.45) is 2.89. The molecule has 0 amide bonds. The van der Waals surface area contributed by atoms with Gasteiger partial charge in [-0.25, -0.2) is 0 Å². The van der Waals surface area contributed by atoms with Gasteiger partial charge in [0.05, 0.1) is 0 Å². The Bertz CT molecular complexity index is 129. The largest absolute Gasteiger partial charge is 0.313 e. The van der Waals surface area contributed by atoms with E-state index in [1.807, 2.05) is 0 Å². The molecule has 2 rings (SSSR count). The van der Waals surface area contributed by atoms with Gasteiger partial charge in [-0.05, 0) is 30.7 Å². The molecule has 1 saturated carbocycles. The Balaban J connectivity index is 2.18. The maximum absolute atomic E-state index is 3.55. The van der Waals surface area contributed by atoms with Crippen LogP contribution in [0, 0.1) is 11.3 Å². The lowest BCUT2D eigenvalue weighted by Gasteiger charge is -2.30. The van der Waals surface area contributed by atoms with Crippen molar-refractivity contribution in [3.8, 4) is 0 Å². The molecule has 2 fully saturated rings. The molecule has 1 saturated heterocycles. The topological polar surface area (TPSA) is 12.0 Å². The van der Waals surface area contributed by atoms with Crippen molar-refractivity contribution in [1.82, 2.24) is 5.32 Å². The van der Waals surface area contributed by atoms with E-state index in [-0.39, 0.29) is 0 Å². The Morgan fingerprint density at radius 3 is 2.44 bits per heavy atom. The van der Waals surface area contributed by atoms with Gasteiger partial charge in [0.2, 0.25) is 0 Å². The van der Waals surface area contributed by atoms with E-state index in [1.54, 1.807) is 0 Å². The highest BCUT2D eigenvalue weighted by Crippen LogP contribution is 2.44. The maximum Gasteiger partial charge on any atom is 0.0122 e. The molecule has 2 aliphatic rings. The van der Waals surface area contributed by atoms with Gasteiger partial charge in [-0.2, -0.15) is 0 Å². The first-order chi connectivity index (χ1) is 4.18. The van der Waals surface area contributed by atoms with Gasteiger partial charge in [-0.3, -0.25) is 0 Å². The van der Waals surface area contributed by atoms with E-state index >= 15 is 0 Å². The number of rotatable bonds is 0. The minimum atomic E-state index is 0.600. The molecule has 1 aliphatic heterocycles. The Labute approximate surface area is 56.8 Å². The first-order valence-electron chi connectivity index (χ1n) is 3.92. The third-order valence-corrected chi connectivity index (χ3v) is 2.98. The standard InChI is InChI=1S/C8H15N/c1-8(2)4-6-3-7(8)9-5-6/h6-7,9H,3-5H2,1-2H3. The fraction of sp³-hybridized carbons (Fsp3) is 1.00. The van der Waals surface area contributed by atoms with E-state index in [4.69, 9.17) is 0 Å². The molecule has 0 aromatic rings. The smallest absolute Gasteiger partial charge is 0.0122 e. The average molecular weight is 125 g/mol. The average Bonchev–Trinajstić information content (AvgIpc) is 2.19. The van der Waals surface area contributed by atoms with Crippen LogP contribution in [0.5, 0.6) is 0 Å². The van der Waals surface area contributed by atoms with Crippen molar-refractivity contribution in [2.75, 3.05) is 6.54 Å². The Kier molecular flexibility index (Phi) is 0.963. The van der Waals surface area contributed by atoms with Crippen LogP contribution in [0.3, 0.4) is 0 Å². The predicted octanol–water partition coefficient (Wildman–Crippen LogP) is 1.39. The molecule has 9 heavy (non-hydrogen) atoms. The number of piperidine rings is 1. The first kappa shape index (κ1) is 5.72. The van der Waals surface area contributed by atoms with E-state index in [1.165, 1.54) is 19.4 Å². The molecule has 2 unspecified atom stereocenters. The van der Waals surface area contributed by atoms with Gasteiger partial charge in [0.15, 0.2) is 0 Å². The van der Waals surface area contributed by atoms with Gasteiger partial charge in [0, 0.05) is 6.04 Å². The number of nitrogens with one attached hydrogen (secondary N) is 1. The SMILES string of the molecule is CC1(C)CC2CNC1C2.